The number of pyridine rings is 1. The van der Waals surface area contributed by atoms with Crippen molar-refractivity contribution in [2.75, 3.05) is 35.9 Å². The molecule has 0 aliphatic carbocycles. The Hall–Kier alpha value is -3.18. The summed E-state index contributed by atoms with van der Waals surface area (Å²) in [4.78, 5) is 17.9. The Kier molecular flexibility index (Phi) is 7.03. The molecule has 3 aromatic rings. The van der Waals surface area contributed by atoms with Crippen molar-refractivity contribution in [3.8, 4) is 0 Å². The number of aromatic nitrogens is 1. The van der Waals surface area contributed by atoms with E-state index in [-0.39, 0.29) is 34.6 Å². The quantitative estimate of drug-likeness (QED) is 0.472. The third kappa shape index (κ3) is 5.15. The van der Waals surface area contributed by atoms with Crippen LogP contribution in [0.2, 0.25) is 0 Å². The van der Waals surface area contributed by atoms with Crippen LogP contribution in [0.3, 0.4) is 0 Å². The third-order valence-electron chi connectivity index (χ3n) is 5.50. The monoisotopic (exact) mass is 491 g/mol. The van der Waals surface area contributed by atoms with Crippen LogP contribution in [0.15, 0.2) is 45.8 Å². The molecule has 1 saturated heterocycles. The van der Waals surface area contributed by atoms with Gasteiger partial charge in [-0.3, -0.25) is 4.72 Å². The van der Waals surface area contributed by atoms with Crippen LogP contribution in [0, 0.1) is 5.82 Å². The minimum atomic E-state index is -4.11. The fourth-order valence-corrected chi connectivity index (χ4v) is 4.98. The van der Waals surface area contributed by atoms with Crippen molar-refractivity contribution in [2.24, 2.45) is 0 Å². The highest BCUT2D eigenvalue weighted by Gasteiger charge is 2.25. The summed E-state index contributed by atoms with van der Waals surface area (Å²) >= 11 is 0. The summed E-state index contributed by atoms with van der Waals surface area (Å²) in [6.07, 6.45) is 2.73. The highest BCUT2D eigenvalue weighted by atomic mass is 32.2. The highest BCUT2D eigenvalue weighted by Crippen LogP contribution is 2.30. The lowest BCUT2D eigenvalue weighted by atomic mass is 10.1. The van der Waals surface area contributed by atoms with Crippen LogP contribution in [-0.4, -0.2) is 51.8 Å². The summed E-state index contributed by atoms with van der Waals surface area (Å²) in [5.41, 5.74) is 0.253. The molecule has 1 aliphatic heterocycles. The first-order valence-corrected chi connectivity index (χ1v) is 12.5. The maximum absolute atomic E-state index is 14.0. The van der Waals surface area contributed by atoms with E-state index in [9.17, 15) is 17.6 Å². The van der Waals surface area contributed by atoms with Crippen molar-refractivity contribution in [2.45, 2.75) is 37.7 Å². The van der Waals surface area contributed by atoms with Gasteiger partial charge in [-0.2, -0.15) is 0 Å². The number of benzene rings is 1. The van der Waals surface area contributed by atoms with Gasteiger partial charge in [0.05, 0.1) is 29.5 Å². The molecular weight excluding hydrogens is 465 g/mol. The lowest BCUT2D eigenvalue weighted by Gasteiger charge is -2.33. The molecule has 4 rings (SSSR count). The molecule has 0 spiro atoms. The van der Waals surface area contributed by atoms with Crippen molar-refractivity contribution in [1.82, 2.24) is 4.98 Å². The molecule has 0 atom stereocenters. The van der Waals surface area contributed by atoms with E-state index in [4.69, 9.17) is 13.9 Å². The molecule has 1 aromatic carbocycles. The third-order valence-corrected chi connectivity index (χ3v) is 6.86. The molecular formula is C23H26FN3O6S. The number of ether oxygens (including phenoxy) is 2. The summed E-state index contributed by atoms with van der Waals surface area (Å²) in [6, 6.07) is 6.81. The van der Waals surface area contributed by atoms with Crippen LogP contribution in [0.5, 0.6) is 0 Å². The first-order chi connectivity index (χ1) is 16.3. The number of halogens is 1. The number of hydrogen-bond donors (Lipinski definition) is 1. The maximum Gasteiger partial charge on any atom is 0.374 e. The number of sulfonamides is 1. The van der Waals surface area contributed by atoms with Crippen molar-refractivity contribution in [1.29, 1.82) is 0 Å². The predicted octanol–water partition coefficient (Wildman–Crippen LogP) is 3.95. The van der Waals surface area contributed by atoms with Crippen molar-refractivity contribution < 1.29 is 31.5 Å². The van der Waals surface area contributed by atoms with Gasteiger partial charge in [0.25, 0.3) is 10.0 Å². The number of nitrogens with one attached hydrogen (secondary N) is 1. The SMILES string of the molecule is CCOC(=O)c1cc2ccc(S(=O)(=O)Nc3cc(F)cnc3N3CCC(OCC)CC3)cc2o1. The molecule has 0 radical (unpaired) electrons. The van der Waals surface area contributed by atoms with E-state index in [1.165, 1.54) is 24.3 Å². The van der Waals surface area contributed by atoms with E-state index < -0.39 is 21.8 Å². The molecule has 3 heterocycles. The Morgan fingerprint density at radius 2 is 1.97 bits per heavy atom. The number of carbonyl (C=O) groups excluding carboxylic acids is 1. The second-order valence-electron chi connectivity index (χ2n) is 7.80. The molecule has 34 heavy (non-hydrogen) atoms. The standard InChI is InChI=1S/C23H26FN3O6S/c1-3-31-17-7-9-27(10-8-17)22-19(12-16(24)14-25-22)26-34(29,30)18-6-5-15-11-21(23(28)32-4-2)33-20(15)13-18/h5-6,11-14,17,26H,3-4,7-10H2,1-2H3. The van der Waals surface area contributed by atoms with Gasteiger partial charge in [-0.25, -0.2) is 22.6 Å². The number of nitrogens with zero attached hydrogens (tertiary/aromatic N) is 2. The second-order valence-corrected chi connectivity index (χ2v) is 9.49. The smallest absolute Gasteiger partial charge is 0.374 e. The summed E-state index contributed by atoms with van der Waals surface area (Å²) < 4.78 is 58.8. The Balaban J connectivity index is 1.59. The summed E-state index contributed by atoms with van der Waals surface area (Å²) in [6.45, 7) is 5.64. The van der Waals surface area contributed by atoms with Crippen molar-refractivity contribution in [3.63, 3.8) is 0 Å². The fraction of sp³-hybridized carbons (Fsp3) is 0.391. The van der Waals surface area contributed by atoms with Gasteiger partial charge in [-0.15, -0.1) is 0 Å². The van der Waals surface area contributed by atoms with Crippen molar-refractivity contribution in [3.05, 3.63) is 48.1 Å². The number of hydrogen-bond acceptors (Lipinski definition) is 8. The molecule has 0 saturated carbocycles. The Morgan fingerprint density at radius 3 is 2.68 bits per heavy atom. The van der Waals surface area contributed by atoms with Crippen LogP contribution in [0.4, 0.5) is 15.9 Å². The Labute approximate surface area is 196 Å². The summed E-state index contributed by atoms with van der Waals surface area (Å²) in [5, 5.41) is 0.548. The van der Waals surface area contributed by atoms with Crippen LogP contribution in [0.1, 0.15) is 37.2 Å². The van der Waals surface area contributed by atoms with Gasteiger partial charge >= 0.3 is 5.97 Å². The van der Waals surface area contributed by atoms with Crippen molar-refractivity contribution >= 4 is 38.5 Å². The zero-order valence-electron chi connectivity index (χ0n) is 18.9. The minimum Gasteiger partial charge on any atom is -0.460 e. The molecule has 182 valence electrons. The number of piperidine rings is 1. The number of carbonyl (C=O) groups is 1. The van der Waals surface area contributed by atoms with Crippen LogP contribution < -0.4 is 9.62 Å². The fourth-order valence-electron chi connectivity index (χ4n) is 3.91. The number of anilines is 2. The average molecular weight is 492 g/mol. The van der Waals surface area contributed by atoms with Gasteiger partial charge in [0.2, 0.25) is 5.76 Å². The maximum atomic E-state index is 14.0. The molecule has 1 N–H and O–H groups in total. The van der Waals surface area contributed by atoms with E-state index in [0.717, 1.165) is 25.1 Å². The molecule has 11 heteroatoms. The lowest BCUT2D eigenvalue weighted by molar-refractivity contribution is 0.0458. The Morgan fingerprint density at radius 1 is 1.21 bits per heavy atom. The number of furan rings is 1. The number of rotatable bonds is 8. The summed E-state index contributed by atoms with van der Waals surface area (Å²) in [5.74, 6) is -0.967. The highest BCUT2D eigenvalue weighted by molar-refractivity contribution is 7.92. The van der Waals surface area contributed by atoms with Crippen LogP contribution in [0.25, 0.3) is 11.0 Å². The molecule has 0 unspecified atom stereocenters. The van der Waals surface area contributed by atoms with E-state index in [1.807, 2.05) is 11.8 Å². The normalized spacial score (nSPS) is 15.0. The van der Waals surface area contributed by atoms with Gasteiger partial charge in [0.1, 0.15) is 11.4 Å². The van der Waals surface area contributed by atoms with Gasteiger partial charge in [-0.05, 0) is 44.9 Å². The van der Waals surface area contributed by atoms with Gasteiger partial charge in [-0.1, -0.05) is 0 Å². The van der Waals surface area contributed by atoms with Gasteiger partial charge < -0.3 is 18.8 Å². The first-order valence-electron chi connectivity index (χ1n) is 11.1. The minimum absolute atomic E-state index is 0.0218. The first kappa shape index (κ1) is 24.0. The molecule has 0 amide bonds. The van der Waals surface area contributed by atoms with E-state index in [2.05, 4.69) is 9.71 Å². The lowest BCUT2D eigenvalue weighted by Crippen LogP contribution is -2.38. The zero-order chi connectivity index (χ0) is 24.3. The average Bonchev–Trinajstić information content (AvgIpc) is 3.24. The molecule has 9 nitrogen and oxygen atoms in total. The molecule has 2 aromatic heterocycles. The predicted molar refractivity (Wildman–Crippen MR) is 124 cm³/mol. The van der Waals surface area contributed by atoms with Gasteiger partial charge in [0.15, 0.2) is 5.82 Å². The number of esters is 1. The second kappa shape index (κ2) is 9.98. The summed E-state index contributed by atoms with van der Waals surface area (Å²) in [7, 11) is -4.11. The van der Waals surface area contributed by atoms with Gasteiger partial charge in [0, 0.05) is 37.2 Å². The molecule has 1 aliphatic rings. The topological polar surface area (TPSA) is 111 Å². The zero-order valence-corrected chi connectivity index (χ0v) is 19.7. The van der Waals surface area contributed by atoms with Crippen LogP contribution >= 0.6 is 0 Å². The number of fused-ring (bicyclic) bond motifs is 1. The Bertz CT molecular complexity index is 1290. The van der Waals surface area contributed by atoms with E-state index in [1.54, 1.807) is 6.92 Å². The van der Waals surface area contributed by atoms with E-state index >= 15 is 0 Å². The molecule has 1 fully saturated rings. The van der Waals surface area contributed by atoms with Crippen LogP contribution in [-0.2, 0) is 19.5 Å². The largest absolute Gasteiger partial charge is 0.460 e. The molecule has 0 bridgehead atoms. The van der Waals surface area contributed by atoms with E-state index in [0.29, 0.717) is 30.9 Å².